The predicted octanol–water partition coefficient (Wildman–Crippen LogP) is 0.965. The van der Waals surface area contributed by atoms with Gasteiger partial charge >= 0.3 is 5.97 Å². The van der Waals surface area contributed by atoms with Gasteiger partial charge in [-0.05, 0) is 31.8 Å². The summed E-state index contributed by atoms with van der Waals surface area (Å²) >= 11 is 0. The Morgan fingerprint density at radius 3 is 2.32 bits per heavy atom. The molecule has 0 heterocycles. The highest BCUT2D eigenvalue weighted by Crippen LogP contribution is 2.12. The summed E-state index contributed by atoms with van der Waals surface area (Å²) in [5.41, 5.74) is 1.51. The zero-order chi connectivity index (χ0) is 14.5. The number of carbonyl (C=O) groups is 1. The Hall–Kier alpha value is -1.60. The molecule has 0 saturated carbocycles. The molecule has 1 aromatic carbocycles. The maximum Gasteiger partial charge on any atom is 0.304 e. The largest absolute Gasteiger partial charge is 0.481 e. The smallest absolute Gasteiger partial charge is 0.304 e. The lowest BCUT2D eigenvalue weighted by Crippen LogP contribution is -2.19. The SMILES string of the molecule is CN(C)Cc1ccc(NS(=O)(=O)CCC(=O)O)cc1. The van der Waals surface area contributed by atoms with Crippen LogP contribution in [-0.2, 0) is 21.4 Å². The molecule has 106 valence electrons. The lowest BCUT2D eigenvalue weighted by atomic mass is 10.2. The van der Waals surface area contributed by atoms with Crippen LogP contribution in [0.4, 0.5) is 5.69 Å². The number of hydrogen-bond acceptors (Lipinski definition) is 4. The van der Waals surface area contributed by atoms with Gasteiger partial charge in [0.1, 0.15) is 0 Å². The van der Waals surface area contributed by atoms with Crippen LogP contribution in [0.2, 0.25) is 0 Å². The Kier molecular flexibility index (Phi) is 5.31. The van der Waals surface area contributed by atoms with Crippen molar-refractivity contribution in [2.24, 2.45) is 0 Å². The van der Waals surface area contributed by atoms with Gasteiger partial charge in [0.05, 0.1) is 12.2 Å². The molecular formula is C12H18N2O4S. The topological polar surface area (TPSA) is 86.7 Å². The zero-order valence-corrected chi connectivity index (χ0v) is 11.8. The molecule has 0 aliphatic carbocycles. The van der Waals surface area contributed by atoms with Gasteiger partial charge in [0.25, 0.3) is 0 Å². The van der Waals surface area contributed by atoms with Gasteiger partial charge in [0.15, 0.2) is 0 Å². The van der Waals surface area contributed by atoms with Crippen molar-refractivity contribution >= 4 is 21.7 Å². The van der Waals surface area contributed by atoms with E-state index < -0.39 is 28.2 Å². The third-order valence-electron chi connectivity index (χ3n) is 2.31. The molecule has 0 aliphatic heterocycles. The number of carboxylic acid groups (broad SMARTS) is 1. The number of hydrogen-bond donors (Lipinski definition) is 2. The maximum atomic E-state index is 11.6. The van der Waals surface area contributed by atoms with Crippen LogP contribution in [-0.4, -0.2) is 44.2 Å². The summed E-state index contributed by atoms with van der Waals surface area (Å²) in [5, 5.41) is 8.47. The molecule has 0 fully saturated rings. The monoisotopic (exact) mass is 286 g/mol. The number of anilines is 1. The molecule has 6 nitrogen and oxygen atoms in total. The highest BCUT2D eigenvalue weighted by Gasteiger charge is 2.12. The van der Waals surface area contributed by atoms with Crippen LogP contribution in [0, 0.1) is 0 Å². The number of aliphatic carboxylic acids is 1. The second kappa shape index (κ2) is 6.53. The lowest BCUT2D eigenvalue weighted by molar-refractivity contribution is -0.136. The molecule has 1 rings (SSSR count). The Labute approximate surface area is 113 Å². The summed E-state index contributed by atoms with van der Waals surface area (Å²) in [7, 11) is 0.287. The second-order valence-electron chi connectivity index (χ2n) is 4.50. The molecular weight excluding hydrogens is 268 g/mol. The molecule has 0 atom stereocenters. The molecule has 1 aromatic rings. The van der Waals surface area contributed by atoms with E-state index in [4.69, 9.17) is 5.11 Å². The second-order valence-corrected chi connectivity index (χ2v) is 6.34. The molecule has 0 radical (unpaired) electrons. The summed E-state index contributed by atoms with van der Waals surface area (Å²) < 4.78 is 25.5. The van der Waals surface area contributed by atoms with E-state index in [1.807, 2.05) is 31.1 Å². The summed E-state index contributed by atoms with van der Waals surface area (Å²) in [6, 6.07) is 6.98. The number of sulfonamides is 1. The number of nitrogens with zero attached hydrogens (tertiary/aromatic N) is 1. The Morgan fingerprint density at radius 2 is 1.84 bits per heavy atom. The number of carboxylic acids is 1. The standard InChI is InChI=1S/C12H18N2O4S/c1-14(2)9-10-3-5-11(6-4-10)13-19(17,18)8-7-12(15)16/h3-6,13H,7-9H2,1-2H3,(H,15,16). The molecule has 19 heavy (non-hydrogen) atoms. The van der Waals surface area contributed by atoms with E-state index in [2.05, 4.69) is 4.72 Å². The van der Waals surface area contributed by atoms with E-state index >= 15 is 0 Å². The van der Waals surface area contributed by atoms with Crippen molar-refractivity contribution in [2.75, 3.05) is 24.6 Å². The third-order valence-corrected chi connectivity index (χ3v) is 3.60. The van der Waals surface area contributed by atoms with Gasteiger partial charge in [-0.3, -0.25) is 9.52 Å². The van der Waals surface area contributed by atoms with E-state index in [1.165, 1.54) is 0 Å². The van der Waals surface area contributed by atoms with E-state index in [0.717, 1.165) is 12.1 Å². The van der Waals surface area contributed by atoms with Crippen LogP contribution in [0.1, 0.15) is 12.0 Å². The van der Waals surface area contributed by atoms with Crippen LogP contribution in [0.15, 0.2) is 24.3 Å². The fraction of sp³-hybridized carbons (Fsp3) is 0.417. The predicted molar refractivity (Wildman–Crippen MR) is 73.5 cm³/mol. The summed E-state index contributed by atoms with van der Waals surface area (Å²) in [4.78, 5) is 12.4. The Bertz CT molecular complexity index is 523. The first-order valence-corrected chi connectivity index (χ1v) is 7.40. The average molecular weight is 286 g/mol. The molecule has 0 bridgehead atoms. The first-order valence-electron chi connectivity index (χ1n) is 5.74. The van der Waals surface area contributed by atoms with Crippen LogP contribution >= 0.6 is 0 Å². The van der Waals surface area contributed by atoms with Crippen molar-refractivity contribution in [1.82, 2.24) is 4.90 Å². The van der Waals surface area contributed by atoms with Gasteiger partial charge in [0.2, 0.25) is 10.0 Å². The van der Waals surface area contributed by atoms with Crippen molar-refractivity contribution in [3.63, 3.8) is 0 Å². The Balaban J connectivity index is 2.64. The number of nitrogens with one attached hydrogen (secondary N) is 1. The van der Waals surface area contributed by atoms with Crippen molar-refractivity contribution in [3.05, 3.63) is 29.8 Å². The fourth-order valence-corrected chi connectivity index (χ4v) is 2.54. The lowest BCUT2D eigenvalue weighted by Gasteiger charge is -2.11. The first kappa shape index (κ1) is 15.5. The molecule has 0 amide bonds. The highest BCUT2D eigenvalue weighted by atomic mass is 32.2. The van der Waals surface area contributed by atoms with Gasteiger partial charge in [-0.2, -0.15) is 0 Å². The average Bonchev–Trinajstić information content (AvgIpc) is 2.28. The van der Waals surface area contributed by atoms with Crippen molar-refractivity contribution in [2.45, 2.75) is 13.0 Å². The minimum atomic E-state index is -3.61. The Morgan fingerprint density at radius 1 is 1.26 bits per heavy atom. The quantitative estimate of drug-likeness (QED) is 0.780. The first-order chi connectivity index (χ1) is 8.78. The molecule has 7 heteroatoms. The number of benzene rings is 1. The summed E-state index contributed by atoms with van der Waals surface area (Å²) in [6.45, 7) is 0.770. The van der Waals surface area contributed by atoms with E-state index in [1.54, 1.807) is 12.1 Å². The molecule has 2 N–H and O–H groups in total. The molecule has 0 aromatic heterocycles. The van der Waals surface area contributed by atoms with Gasteiger partial charge in [-0.15, -0.1) is 0 Å². The van der Waals surface area contributed by atoms with Crippen LogP contribution in [0.25, 0.3) is 0 Å². The van der Waals surface area contributed by atoms with E-state index in [-0.39, 0.29) is 0 Å². The van der Waals surface area contributed by atoms with Crippen LogP contribution in [0.5, 0.6) is 0 Å². The number of rotatable bonds is 7. The van der Waals surface area contributed by atoms with Gasteiger partial charge in [-0.1, -0.05) is 12.1 Å². The minimum absolute atomic E-state index is 0.409. The molecule has 0 aliphatic rings. The summed E-state index contributed by atoms with van der Waals surface area (Å²) in [5.74, 6) is -1.56. The third kappa shape index (κ3) is 6.21. The van der Waals surface area contributed by atoms with Gasteiger partial charge < -0.3 is 10.0 Å². The van der Waals surface area contributed by atoms with E-state index in [0.29, 0.717) is 5.69 Å². The fourth-order valence-electron chi connectivity index (χ4n) is 1.50. The molecule has 0 unspecified atom stereocenters. The van der Waals surface area contributed by atoms with Crippen molar-refractivity contribution in [1.29, 1.82) is 0 Å². The van der Waals surface area contributed by atoms with Crippen molar-refractivity contribution in [3.8, 4) is 0 Å². The highest BCUT2D eigenvalue weighted by molar-refractivity contribution is 7.92. The zero-order valence-electron chi connectivity index (χ0n) is 11.0. The molecule has 0 saturated heterocycles. The van der Waals surface area contributed by atoms with Gasteiger partial charge in [0, 0.05) is 12.2 Å². The molecule has 0 spiro atoms. The van der Waals surface area contributed by atoms with Crippen molar-refractivity contribution < 1.29 is 18.3 Å². The maximum absolute atomic E-state index is 11.6. The summed E-state index contributed by atoms with van der Waals surface area (Å²) in [6.07, 6.45) is -0.409. The van der Waals surface area contributed by atoms with E-state index in [9.17, 15) is 13.2 Å². The van der Waals surface area contributed by atoms with Crippen LogP contribution < -0.4 is 4.72 Å². The van der Waals surface area contributed by atoms with Crippen LogP contribution in [0.3, 0.4) is 0 Å². The van der Waals surface area contributed by atoms with Gasteiger partial charge in [-0.25, -0.2) is 8.42 Å². The normalized spacial score (nSPS) is 11.5. The minimum Gasteiger partial charge on any atom is -0.481 e.